The number of hydrogen-bond acceptors (Lipinski definition) is 2. The van der Waals surface area contributed by atoms with Crippen LogP contribution < -0.4 is 5.32 Å². The van der Waals surface area contributed by atoms with Crippen molar-refractivity contribution in [3.63, 3.8) is 0 Å². The zero-order valence-corrected chi connectivity index (χ0v) is 15.5. The number of nitrogens with zero attached hydrogens (tertiary/aromatic N) is 1. The molecule has 0 heterocycles. The van der Waals surface area contributed by atoms with Crippen molar-refractivity contribution in [3.05, 3.63) is 71.3 Å². The molecule has 0 unspecified atom stereocenters. The normalized spacial score (nSPS) is 11.7. The second-order valence-corrected chi connectivity index (χ2v) is 6.38. The van der Waals surface area contributed by atoms with Gasteiger partial charge in [0.2, 0.25) is 11.8 Å². The lowest BCUT2D eigenvalue weighted by atomic mass is 10.1. The highest BCUT2D eigenvalue weighted by Crippen LogP contribution is 2.15. The molecule has 1 atom stereocenters. The van der Waals surface area contributed by atoms with E-state index in [0.717, 1.165) is 6.42 Å². The van der Waals surface area contributed by atoms with E-state index in [-0.39, 0.29) is 30.6 Å². The van der Waals surface area contributed by atoms with Gasteiger partial charge in [0.15, 0.2) is 0 Å². The van der Waals surface area contributed by atoms with Crippen molar-refractivity contribution in [3.8, 4) is 0 Å². The van der Waals surface area contributed by atoms with Crippen LogP contribution in [0.2, 0.25) is 0 Å². The summed E-state index contributed by atoms with van der Waals surface area (Å²) in [5.74, 6) is -1.44. The monoisotopic (exact) mass is 374 g/mol. The molecule has 6 heteroatoms. The average molecular weight is 374 g/mol. The summed E-state index contributed by atoms with van der Waals surface area (Å²) in [5.41, 5.74) is 0.959. The molecule has 0 aliphatic carbocycles. The Balaban J connectivity index is 2.21. The van der Waals surface area contributed by atoms with Gasteiger partial charge in [-0.1, -0.05) is 37.3 Å². The van der Waals surface area contributed by atoms with Crippen LogP contribution >= 0.6 is 0 Å². The summed E-state index contributed by atoms with van der Waals surface area (Å²) in [6.07, 6.45) is 0.773. The number of carbonyl (C=O) groups excluding carboxylic acids is 2. The highest BCUT2D eigenvalue weighted by molar-refractivity contribution is 5.88. The number of carbonyl (C=O) groups is 2. The van der Waals surface area contributed by atoms with E-state index in [9.17, 15) is 18.4 Å². The van der Waals surface area contributed by atoms with E-state index in [1.165, 1.54) is 35.2 Å². The van der Waals surface area contributed by atoms with Gasteiger partial charge >= 0.3 is 0 Å². The molecule has 0 saturated carbocycles. The largest absolute Gasteiger partial charge is 0.354 e. The summed E-state index contributed by atoms with van der Waals surface area (Å²) < 4.78 is 27.1. The van der Waals surface area contributed by atoms with Gasteiger partial charge < -0.3 is 10.2 Å². The van der Waals surface area contributed by atoms with Crippen LogP contribution in [0, 0.1) is 11.6 Å². The first-order valence-electron chi connectivity index (χ1n) is 8.97. The van der Waals surface area contributed by atoms with Crippen LogP contribution in [0.3, 0.4) is 0 Å². The molecule has 0 spiro atoms. The van der Waals surface area contributed by atoms with Gasteiger partial charge in [0.1, 0.15) is 17.7 Å². The fraction of sp³-hybridized carbons (Fsp3) is 0.333. The van der Waals surface area contributed by atoms with Crippen LogP contribution in [0.1, 0.15) is 31.4 Å². The van der Waals surface area contributed by atoms with Crippen molar-refractivity contribution in [1.29, 1.82) is 0 Å². The van der Waals surface area contributed by atoms with Gasteiger partial charge in [-0.05, 0) is 37.1 Å². The fourth-order valence-electron chi connectivity index (χ4n) is 2.67. The second-order valence-electron chi connectivity index (χ2n) is 6.38. The molecule has 2 aromatic carbocycles. The third-order valence-electron chi connectivity index (χ3n) is 4.28. The smallest absolute Gasteiger partial charge is 0.242 e. The van der Waals surface area contributed by atoms with Crippen molar-refractivity contribution in [1.82, 2.24) is 10.2 Å². The Morgan fingerprint density at radius 3 is 2.37 bits per heavy atom. The molecule has 0 saturated heterocycles. The van der Waals surface area contributed by atoms with Gasteiger partial charge in [-0.15, -0.1) is 0 Å². The minimum Gasteiger partial charge on any atom is -0.354 e. The maximum atomic E-state index is 14.1. The van der Waals surface area contributed by atoms with E-state index in [1.54, 1.807) is 25.1 Å². The van der Waals surface area contributed by atoms with Gasteiger partial charge in [0.05, 0.1) is 6.42 Å². The highest BCUT2D eigenvalue weighted by Gasteiger charge is 2.26. The maximum Gasteiger partial charge on any atom is 0.242 e. The quantitative estimate of drug-likeness (QED) is 0.769. The lowest BCUT2D eigenvalue weighted by molar-refractivity contribution is -0.140. The van der Waals surface area contributed by atoms with Crippen molar-refractivity contribution in [2.24, 2.45) is 0 Å². The van der Waals surface area contributed by atoms with Gasteiger partial charge in [0.25, 0.3) is 0 Å². The van der Waals surface area contributed by atoms with Crippen LogP contribution in [0.5, 0.6) is 0 Å². The minimum absolute atomic E-state index is 0.000129. The summed E-state index contributed by atoms with van der Waals surface area (Å²) in [4.78, 5) is 26.6. The van der Waals surface area contributed by atoms with Gasteiger partial charge in [0, 0.05) is 18.7 Å². The van der Waals surface area contributed by atoms with Crippen molar-refractivity contribution in [2.45, 2.75) is 39.3 Å². The van der Waals surface area contributed by atoms with Crippen LogP contribution in [-0.2, 0) is 22.6 Å². The molecular formula is C21H24F2N2O2. The number of hydrogen-bond donors (Lipinski definition) is 1. The molecule has 2 rings (SSSR count). The zero-order chi connectivity index (χ0) is 19.8. The summed E-state index contributed by atoms with van der Waals surface area (Å²) in [6.45, 7) is 4.03. The predicted molar refractivity (Wildman–Crippen MR) is 99.8 cm³/mol. The van der Waals surface area contributed by atoms with Crippen molar-refractivity contribution in [2.75, 3.05) is 6.54 Å². The Bertz CT molecular complexity index is 778. The molecule has 4 nitrogen and oxygen atoms in total. The zero-order valence-electron chi connectivity index (χ0n) is 15.5. The molecule has 0 aliphatic heterocycles. The van der Waals surface area contributed by atoms with Crippen molar-refractivity contribution < 1.29 is 18.4 Å². The molecule has 2 amide bonds. The number of rotatable bonds is 8. The number of benzene rings is 2. The van der Waals surface area contributed by atoms with Crippen LogP contribution in [0.25, 0.3) is 0 Å². The molecule has 0 bridgehead atoms. The Hall–Kier alpha value is -2.76. The highest BCUT2D eigenvalue weighted by atomic mass is 19.1. The summed E-state index contributed by atoms with van der Waals surface area (Å²) in [6, 6.07) is 11.0. The first-order chi connectivity index (χ1) is 12.9. The number of amides is 2. The molecule has 0 aromatic heterocycles. The second kappa shape index (κ2) is 9.80. The van der Waals surface area contributed by atoms with Crippen LogP contribution in [0.15, 0.2) is 48.5 Å². The van der Waals surface area contributed by atoms with E-state index >= 15 is 0 Å². The summed E-state index contributed by atoms with van der Waals surface area (Å²) in [5, 5.41) is 2.76. The number of halogens is 2. The van der Waals surface area contributed by atoms with E-state index in [2.05, 4.69) is 5.32 Å². The molecule has 0 fully saturated rings. The lowest BCUT2D eigenvalue weighted by Gasteiger charge is -2.29. The van der Waals surface area contributed by atoms with Gasteiger partial charge in [-0.2, -0.15) is 0 Å². The molecular weight excluding hydrogens is 350 g/mol. The molecule has 0 aliphatic rings. The summed E-state index contributed by atoms with van der Waals surface area (Å²) >= 11 is 0. The SMILES string of the molecule is CCCNC(=O)[C@@H](C)N(Cc1ccccc1F)C(=O)Cc1ccc(F)cc1. The predicted octanol–water partition coefficient (Wildman–Crippen LogP) is 3.45. The first kappa shape index (κ1) is 20.6. The maximum absolute atomic E-state index is 14.1. The van der Waals surface area contributed by atoms with E-state index in [4.69, 9.17) is 0 Å². The third kappa shape index (κ3) is 5.88. The topological polar surface area (TPSA) is 49.4 Å². The Morgan fingerprint density at radius 2 is 1.74 bits per heavy atom. The standard InChI is InChI=1S/C21H24F2N2O2/c1-3-12-24-21(27)15(2)25(14-17-6-4-5-7-19(17)23)20(26)13-16-8-10-18(22)11-9-16/h4-11,15H,3,12-14H2,1-2H3,(H,24,27)/t15-/m1/s1. The molecule has 144 valence electrons. The summed E-state index contributed by atoms with van der Waals surface area (Å²) in [7, 11) is 0. The first-order valence-corrected chi connectivity index (χ1v) is 8.97. The fourth-order valence-corrected chi connectivity index (χ4v) is 2.67. The molecule has 27 heavy (non-hydrogen) atoms. The van der Waals surface area contributed by atoms with Crippen LogP contribution in [0.4, 0.5) is 8.78 Å². The van der Waals surface area contributed by atoms with E-state index in [1.807, 2.05) is 6.92 Å². The van der Waals surface area contributed by atoms with E-state index in [0.29, 0.717) is 17.7 Å². The lowest BCUT2D eigenvalue weighted by Crippen LogP contribution is -2.48. The number of nitrogens with one attached hydrogen (secondary N) is 1. The Labute approximate surface area is 158 Å². The Morgan fingerprint density at radius 1 is 1.07 bits per heavy atom. The van der Waals surface area contributed by atoms with Crippen molar-refractivity contribution >= 4 is 11.8 Å². The third-order valence-corrected chi connectivity index (χ3v) is 4.28. The average Bonchev–Trinajstić information content (AvgIpc) is 2.66. The van der Waals surface area contributed by atoms with Crippen LogP contribution in [-0.4, -0.2) is 29.3 Å². The molecule has 1 N–H and O–H groups in total. The minimum atomic E-state index is -0.760. The van der Waals surface area contributed by atoms with E-state index < -0.39 is 11.9 Å². The Kier molecular flexibility index (Phi) is 7.46. The molecule has 2 aromatic rings. The molecule has 0 radical (unpaired) electrons. The van der Waals surface area contributed by atoms with Gasteiger partial charge in [-0.25, -0.2) is 8.78 Å². The van der Waals surface area contributed by atoms with Gasteiger partial charge in [-0.3, -0.25) is 9.59 Å².